The van der Waals surface area contributed by atoms with Crippen molar-refractivity contribution in [2.75, 3.05) is 6.61 Å². The first-order valence-electron chi connectivity index (χ1n) is 5.98. The number of fused-ring (bicyclic) bond motifs is 1. The first kappa shape index (κ1) is 14.5. The lowest BCUT2D eigenvalue weighted by molar-refractivity contribution is -0.142. The van der Waals surface area contributed by atoms with Crippen LogP contribution in [0.3, 0.4) is 0 Å². The molecule has 6 heteroatoms. The van der Waals surface area contributed by atoms with Crippen LogP contribution in [0.4, 0.5) is 4.39 Å². The number of thioether (sulfide) groups is 1. The summed E-state index contributed by atoms with van der Waals surface area (Å²) in [6.07, 6.45) is 0. The van der Waals surface area contributed by atoms with Gasteiger partial charge < -0.3 is 4.74 Å². The summed E-state index contributed by atoms with van der Waals surface area (Å²) in [6.45, 7) is 1.80. The average Bonchev–Trinajstić information content (AvgIpc) is 2.44. The van der Waals surface area contributed by atoms with Crippen LogP contribution in [0.25, 0.3) is 10.9 Å². The van der Waals surface area contributed by atoms with E-state index < -0.39 is 17.0 Å². The molecular formula is C14H12FNO3S. The van der Waals surface area contributed by atoms with Gasteiger partial charge in [-0.3, -0.25) is 9.59 Å². The lowest BCUT2D eigenvalue weighted by atomic mass is 10.1. The molecule has 0 saturated carbocycles. The molecule has 0 aliphatic carbocycles. The number of hydrogen-bond donors (Lipinski definition) is 0. The second-order valence-electron chi connectivity index (χ2n) is 3.91. The smallest absolute Gasteiger partial charge is 0.325 e. The highest BCUT2D eigenvalue weighted by molar-refractivity contribution is 8.12. The fraction of sp³-hybridized carbons (Fsp3) is 0.214. The zero-order valence-electron chi connectivity index (χ0n) is 10.7. The Bertz CT molecular complexity index is 647. The van der Waals surface area contributed by atoms with Gasteiger partial charge in [-0.15, -0.1) is 0 Å². The molecule has 20 heavy (non-hydrogen) atoms. The molecule has 1 aromatic heterocycles. The van der Waals surface area contributed by atoms with Crippen LogP contribution < -0.4 is 0 Å². The minimum absolute atomic E-state index is 0.0840. The van der Waals surface area contributed by atoms with Gasteiger partial charge in [0.1, 0.15) is 11.5 Å². The Morgan fingerprint density at radius 3 is 2.95 bits per heavy atom. The van der Waals surface area contributed by atoms with E-state index in [1.807, 2.05) is 0 Å². The van der Waals surface area contributed by atoms with Gasteiger partial charge in [0, 0.05) is 5.39 Å². The van der Waals surface area contributed by atoms with Crippen LogP contribution in [0.15, 0.2) is 30.3 Å². The molecule has 104 valence electrons. The van der Waals surface area contributed by atoms with Crippen LogP contribution in [0.5, 0.6) is 0 Å². The molecular weight excluding hydrogens is 281 g/mol. The third-order valence-corrected chi connectivity index (χ3v) is 3.44. The number of hydrogen-bond acceptors (Lipinski definition) is 5. The number of aromatic nitrogens is 1. The Balaban J connectivity index is 2.49. The summed E-state index contributed by atoms with van der Waals surface area (Å²) in [6, 6.07) is 8.28. The first-order chi connectivity index (χ1) is 9.67. The van der Waals surface area contributed by atoms with Crippen LogP contribution >= 0.6 is 11.8 Å². The predicted octanol–water partition coefficient (Wildman–Crippen LogP) is 2.90. The Kier molecular flexibility index (Phi) is 4.68. The number of carbonyl (C=O) groups excluding carboxylic acids is 2. The Morgan fingerprint density at radius 1 is 1.50 bits per heavy atom. The van der Waals surface area contributed by atoms with Crippen LogP contribution in [0.2, 0.25) is 0 Å². The number of benzene rings is 1. The summed E-state index contributed by atoms with van der Waals surface area (Å²) in [7, 11) is 0. The minimum Gasteiger partial charge on any atom is -0.465 e. The van der Waals surface area contributed by atoms with Gasteiger partial charge in [0.2, 0.25) is 0 Å². The van der Waals surface area contributed by atoms with Gasteiger partial charge in [0.25, 0.3) is 0 Å². The number of pyridine rings is 1. The molecule has 0 amide bonds. The van der Waals surface area contributed by atoms with E-state index in [0.29, 0.717) is 28.3 Å². The molecule has 0 spiro atoms. The Hall–Kier alpha value is -1.95. The van der Waals surface area contributed by atoms with Gasteiger partial charge >= 0.3 is 5.97 Å². The molecule has 1 aromatic carbocycles. The van der Waals surface area contributed by atoms with Gasteiger partial charge in [-0.25, -0.2) is 9.37 Å². The molecule has 2 rings (SSSR count). The largest absolute Gasteiger partial charge is 0.465 e. The quantitative estimate of drug-likeness (QED) is 0.626. The number of ether oxygens (including phenoxy) is 1. The molecule has 1 atom stereocenters. The van der Waals surface area contributed by atoms with Crippen molar-refractivity contribution in [2.45, 2.75) is 12.2 Å². The van der Waals surface area contributed by atoms with E-state index in [0.717, 1.165) is 0 Å². The topological polar surface area (TPSA) is 56.3 Å². The van der Waals surface area contributed by atoms with Crippen molar-refractivity contribution in [2.24, 2.45) is 0 Å². The van der Waals surface area contributed by atoms with Gasteiger partial charge in [0.15, 0.2) is 10.9 Å². The maximum atomic E-state index is 14.1. The van der Waals surface area contributed by atoms with Crippen LogP contribution in [0, 0.1) is 5.82 Å². The second-order valence-corrected chi connectivity index (χ2v) is 4.85. The average molecular weight is 293 g/mol. The predicted molar refractivity (Wildman–Crippen MR) is 75.4 cm³/mol. The fourth-order valence-electron chi connectivity index (χ4n) is 1.79. The van der Waals surface area contributed by atoms with Crippen molar-refractivity contribution in [1.82, 2.24) is 4.98 Å². The molecule has 0 radical (unpaired) electrons. The molecule has 1 unspecified atom stereocenters. The highest BCUT2D eigenvalue weighted by Gasteiger charge is 2.27. The summed E-state index contributed by atoms with van der Waals surface area (Å²) >= 11 is 0.643. The highest BCUT2D eigenvalue weighted by Crippen LogP contribution is 2.30. The molecule has 4 nitrogen and oxygen atoms in total. The number of para-hydroxylation sites is 1. The van der Waals surface area contributed by atoms with Crippen molar-refractivity contribution in [1.29, 1.82) is 0 Å². The van der Waals surface area contributed by atoms with Crippen LogP contribution in [-0.2, 0) is 14.3 Å². The number of halogens is 1. The maximum absolute atomic E-state index is 14.1. The molecule has 0 bridgehead atoms. The van der Waals surface area contributed by atoms with E-state index in [2.05, 4.69) is 4.98 Å². The zero-order valence-corrected chi connectivity index (χ0v) is 11.5. The number of carbonyl (C=O) groups is 2. The monoisotopic (exact) mass is 293 g/mol. The maximum Gasteiger partial charge on any atom is 0.325 e. The van der Waals surface area contributed by atoms with E-state index in [1.165, 1.54) is 6.07 Å². The SMILES string of the molecule is CCOC(=O)C(SC=O)c1nc2ccccc2cc1F. The number of esters is 1. The van der Waals surface area contributed by atoms with Crippen molar-refractivity contribution in [3.05, 3.63) is 41.8 Å². The van der Waals surface area contributed by atoms with E-state index in [4.69, 9.17) is 4.74 Å². The lowest BCUT2D eigenvalue weighted by Crippen LogP contribution is -2.16. The molecule has 0 aliphatic heterocycles. The molecule has 2 aromatic rings. The van der Waals surface area contributed by atoms with Crippen molar-refractivity contribution >= 4 is 34.3 Å². The van der Waals surface area contributed by atoms with Gasteiger partial charge in [-0.2, -0.15) is 0 Å². The summed E-state index contributed by atoms with van der Waals surface area (Å²) in [5, 5.41) is -0.454. The molecule has 0 aliphatic rings. The van der Waals surface area contributed by atoms with Crippen molar-refractivity contribution < 1.29 is 18.7 Å². The van der Waals surface area contributed by atoms with Crippen LogP contribution in [-0.4, -0.2) is 23.2 Å². The van der Waals surface area contributed by atoms with E-state index >= 15 is 0 Å². The molecule has 0 N–H and O–H groups in total. The first-order valence-corrected chi connectivity index (χ1v) is 6.92. The van der Waals surface area contributed by atoms with E-state index in [1.54, 1.807) is 31.2 Å². The van der Waals surface area contributed by atoms with Gasteiger partial charge in [0.05, 0.1) is 12.1 Å². The van der Waals surface area contributed by atoms with Gasteiger partial charge in [-0.1, -0.05) is 30.0 Å². The molecule has 0 saturated heterocycles. The third kappa shape index (κ3) is 2.96. The lowest BCUT2D eigenvalue weighted by Gasteiger charge is -2.13. The fourth-order valence-corrected chi connectivity index (χ4v) is 2.38. The summed E-state index contributed by atoms with van der Waals surface area (Å²) < 4.78 is 18.9. The molecule has 0 fully saturated rings. The van der Waals surface area contributed by atoms with Crippen LogP contribution in [0.1, 0.15) is 17.9 Å². The number of nitrogens with zero attached hydrogens (tertiary/aromatic N) is 1. The number of rotatable bonds is 5. The second kappa shape index (κ2) is 6.47. The Labute approximate surface area is 119 Å². The van der Waals surface area contributed by atoms with Crippen molar-refractivity contribution in [3.8, 4) is 0 Å². The summed E-state index contributed by atoms with van der Waals surface area (Å²) in [5.74, 6) is -1.30. The minimum atomic E-state index is -1.09. The normalized spacial score (nSPS) is 12.1. The van der Waals surface area contributed by atoms with Gasteiger partial charge in [-0.05, 0) is 19.1 Å². The van der Waals surface area contributed by atoms with E-state index in [-0.39, 0.29) is 12.3 Å². The highest BCUT2D eigenvalue weighted by atomic mass is 32.2. The van der Waals surface area contributed by atoms with Crippen molar-refractivity contribution in [3.63, 3.8) is 0 Å². The van der Waals surface area contributed by atoms with E-state index in [9.17, 15) is 14.0 Å². The summed E-state index contributed by atoms with van der Waals surface area (Å²) in [4.78, 5) is 26.6. The molecule has 1 heterocycles. The Morgan fingerprint density at radius 2 is 2.25 bits per heavy atom. The standard InChI is InChI=1S/C14H12FNO3S/c1-2-19-14(18)13(20-8-17)12-10(15)7-9-5-3-4-6-11(9)16-12/h3-8,13H,2H2,1H3. The summed E-state index contributed by atoms with van der Waals surface area (Å²) in [5.41, 5.74) is 0.960. The third-order valence-electron chi connectivity index (χ3n) is 2.65. The zero-order chi connectivity index (χ0) is 14.5.